The Bertz CT molecular complexity index is 1210. The van der Waals surface area contributed by atoms with Crippen LogP contribution in [0.3, 0.4) is 0 Å². The molecule has 6 nitrogen and oxygen atoms in total. The van der Waals surface area contributed by atoms with Crippen LogP contribution in [0.25, 0.3) is 22.0 Å². The van der Waals surface area contributed by atoms with Gasteiger partial charge in [0.1, 0.15) is 6.10 Å². The zero-order valence-corrected chi connectivity index (χ0v) is 19.1. The van der Waals surface area contributed by atoms with E-state index in [2.05, 4.69) is 27.9 Å². The van der Waals surface area contributed by atoms with Gasteiger partial charge in [-0.3, -0.25) is 4.98 Å². The van der Waals surface area contributed by atoms with Crippen LogP contribution >= 0.6 is 11.6 Å². The molecule has 2 atom stereocenters. The van der Waals surface area contributed by atoms with Crippen LogP contribution in [0.1, 0.15) is 49.3 Å². The van der Waals surface area contributed by atoms with Crippen molar-refractivity contribution in [1.82, 2.24) is 9.55 Å². The highest BCUT2D eigenvalue weighted by Crippen LogP contribution is 2.43. The first kappa shape index (κ1) is 21.3. The van der Waals surface area contributed by atoms with Gasteiger partial charge >= 0.3 is 0 Å². The maximum absolute atomic E-state index is 9.60. The number of benzene rings is 1. The Hall–Kier alpha value is -2.59. The predicted octanol–water partition coefficient (Wildman–Crippen LogP) is 5.61. The minimum atomic E-state index is -0.00218. The Morgan fingerprint density at radius 2 is 2.03 bits per heavy atom. The lowest BCUT2D eigenvalue weighted by Crippen LogP contribution is -2.19. The first-order chi connectivity index (χ1) is 15.5. The largest absolute Gasteiger partial charge is 0.396 e. The van der Waals surface area contributed by atoms with Crippen molar-refractivity contribution in [2.24, 2.45) is 5.92 Å². The van der Waals surface area contributed by atoms with E-state index in [1.54, 1.807) is 19.5 Å². The van der Waals surface area contributed by atoms with Crippen LogP contribution < -0.4 is 5.73 Å². The maximum Gasteiger partial charge on any atom is 0.184 e. The number of rotatable bonds is 5. The number of fused-ring (bicyclic) bond motifs is 1. The van der Waals surface area contributed by atoms with E-state index in [9.17, 15) is 5.26 Å². The molecule has 0 spiro atoms. The predicted molar refractivity (Wildman–Crippen MR) is 125 cm³/mol. The number of nitrogens with zero attached hydrogens (tertiary/aromatic N) is 3. The molecule has 166 valence electrons. The number of nitriles is 1. The third-order valence-electron chi connectivity index (χ3n) is 7.04. The third kappa shape index (κ3) is 3.75. The zero-order valence-electron chi connectivity index (χ0n) is 18.3. The molecule has 1 saturated heterocycles. The van der Waals surface area contributed by atoms with Gasteiger partial charge in [0.15, 0.2) is 6.29 Å². The molecule has 7 heteroatoms. The third-order valence-corrected chi connectivity index (χ3v) is 7.46. The number of halogens is 1. The summed E-state index contributed by atoms with van der Waals surface area (Å²) in [6.45, 7) is 1.99. The number of anilines is 1. The highest BCUT2D eigenvalue weighted by Gasteiger charge is 2.41. The Morgan fingerprint density at radius 1 is 1.25 bits per heavy atom. The second-order valence-electron chi connectivity index (χ2n) is 9.03. The van der Waals surface area contributed by atoms with Gasteiger partial charge in [0.25, 0.3) is 0 Å². The molecule has 0 amide bonds. The normalized spacial score (nSPS) is 25.1. The summed E-state index contributed by atoms with van der Waals surface area (Å²) in [7, 11) is 1.71. The van der Waals surface area contributed by atoms with Crippen molar-refractivity contribution in [3.63, 3.8) is 0 Å². The lowest BCUT2D eigenvalue weighted by atomic mass is 9.83. The molecule has 2 aromatic heterocycles. The summed E-state index contributed by atoms with van der Waals surface area (Å²) in [4.78, 5) is 4.26. The Labute approximate surface area is 192 Å². The van der Waals surface area contributed by atoms with Crippen LogP contribution in [0.2, 0.25) is 5.02 Å². The van der Waals surface area contributed by atoms with Crippen molar-refractivity contribution >= 4 is 28.2 Å². The maximum atomic E-state index is 9.60. The van der Waals surface area contributed by atoms with Crippen molar-refractivity contribution in [2.75, 3.05) is 12.8 Å². The SMILES string of the molecule is COC1OC1CC1CCC(n2cc(-c3cncc(N)c3Cl)c3cc(C#N)c(C)cc32)CC1. The number of ether oxygens (including phenoxy) is 2. The van der Waals surface area contributed by atoms with E-state index in [0.717, 1.165) is 46.9 Å². The van der Waals surface area contributed by atoms with Crippen molar-refractivity contribution in [3.8, 4) is 17.2 Å². The van der Waals surface area contributed by atoms with Crippen molar-refractivity contribution < 1.29 is 9.47 Å². The second-order valence-corrected chi connectivity index (χ2v) is 9.40. The van der Waals surface area contributed by atoms with Gasteiger partial charge in [0.05, 0.1) is 28.5 Å². The Morgan fingerprint density at radius 3 is 2.72 bits per heavy atom. The van der Waals surface area contributed by atoms with Crippen molar-refractivity contribution in [1.29, 1.82) is 5.26 Å². The zero-order chi connectivity index (χ0) is 22.4. The first-order valence-corrected chi connectivity index (χ1v) is 11.5. The molecular weight excluding hydrogens is 424 g/mol. The van der Waals surface area contributed by atoms with E-state index in [1.165, 1.54) is 12.8 Å². The van der Waals surface area contributed by atoms with Crippen LogP contribution in [0.4, 0.5) is 5.69 Å². The minimum absolute atomic E-state index is 0.00218. The lowest BCUT2D eigenvalue weighted by molar-refractivity contribution is 0.0950. The van der Waals surface area contributed by atoms with Gasteiger partial charge in [-0.25, -0.2) is 0 Å². The van der Waals surface area contributed by atoms with Gasteiger partial charge in [-0.05, 0) is 62.6 Å². The van der Waals surface area contributed by atoms with E-state index in [0.29, 0.717) is 28.2 Å². The van der Waals surface area contributed by atoms with E-state index in [1.807, 2.05) is 13.0 Å². The van der Waals surface area contributed by atoms with E-state index in [4.69, 9.17) is 26.8 Å². The molecular formula is C25H27ClN4O2. The standard InChI is InChI=1S/C25H27ClN4O2/c1-14-7-22-18(9-16(14)10-27)20(19-11-29-12-21(28)24(19)26)13-30(22)17-5-3-15(4-6-17)8-23-25(31-2)32-23/h7,9,11-13,15,17,23,25H,3-6,8,28H2,1-2H3. The number of epoxide rings is 1. The molecule has 1 aliphatic carbocycles. The average Bonchev–Trinajstić information content (AvgIpc) is 3.46. The molecule has 1 aromatic carbocycles. The summed E-state index contributed by atoms with van der Waals surface area (Å²) in [5.41, 5.74) is 11.0. The van der Waals surface area contributed by atoms with Crippen LogP contribution in [-0.4, -0.2) is 29.1 Å². The molecule has 2 aliphatic rings. The summed E-state index contributed by atoms with van der Waals surface area (Å²) < 4.78 is 13.2. The average molecular weight is 451 g/mol. The van der Waals surface area contributed by atoms with E-state index in [-0.39, 0.29) is 12.4 Å². The number of methoxy groups -OCH3 is 1. The minimum Gasteiger partial charge on any atom is -0.396 e. The van der Waals surface area contributed by atoms with Crippen molar-refractivity contribution in [3.05, 3.63) is 46.9 Å². The van der Waals surface area contributed by atoms with Crippen LogP contribution in [0.15, 0.2) is 30.7 Å². The van der Waals surface area contributed by atoms with Crippen LogP contribution in [-0.2, 0) is 9.47 Å². The molecule has 0 bridgehead atoms. The summed E-state index contributed by atoms with van der Waals surface area (Å²) in [5, 5.41) is 11.1. The quantitative estimate of drug-likeness (QED) is 0.510. The molecule has 2 unspecified atom stereocenters. The fraction of sp³-hybridized carbons (Fsp3) is 0.440. The molecule has 2 fully saturated rings. The topological polar surface area (TPSA) is 89.4 Å². The lowest BCUT2D eigenvalue weighted by Gasteiger charge is -2.30. The summed E-state index contributed by atoms with van der Waals surface area (Å²) in [6, 6.07) is 6.81. The molecule has 1 aliphatic heterocycles. The summed E-state index contributed by atoms with van der Waals surface area (Å²) in [6.07, 6.45) is 11.4. The number of aromatic nitrogens is 2. The number of hydrogen-bond acceptors (Lipinski definition) is 5. The fourth-order valence-corrected chi connectivity index (χ4v) is 5.37. The number of nitrogens with two attached hydrogens (primary N) is 1. The highest BCUT2D eigenvalue weighted by atomic mass is 35.5. The summed E-state index contributed by atoms with van der Waals surface area (Å²) >= 11 is 6.56. The van der Waals surface area contributed by atoms with Gasteiger partial charge in [-0.15, -0.1) is 0 Å². The number of nitrogen functional groups attached to an aromatic ring is 1. The molecule has 2 N–H and O–H groups in total. The van der Waals surface area contributed by atoms with Gasteiger partial charge < -0.3 is 19.8 Å². The van der Waals surface area contributed by atoms with Crippen LogP contribution in [0, 0.1) is 24.2 Å². The fourth-order valence-electron chi connectivity index (χ4n) is 5.17. The molecule has 1 saturated carbocycles. The molecule has 32 heavy (non-hydrogen) atoms. The Balaban J connectivity index is 1.49. The van der Waals surface area contributed by atoms with Gasteiger partial charge in [-0.2, -0.15) is 5.26 Å². The van der Waals surface area contributed by atoms with Gasteiger partial charge in [0.2, 0.25) is 0 Å². The van der Waals surface area contributed by atoms with Gasteiger partial charge in [-0.1, -0.05) is 11.6 Å². The van der Waals surface area contributed by atoms with Crippen molar-refractivity contribution in [2.45, 2.75) is 57.5 Å². The van der Waals surface area contributed by atoms with E-state index < -0.39 is 0 Å². The second kappa shape index (κ2) is 8.40. The number of aryl methyl sites for hydroxylation is 1. The molecule has 0 radical (unpaired) electrons. The monoisotopic (exact) mass is 450 g/mol. The van der Waals surface area contributed by atoms with E-state index >= 15 is 0 Å². The smallest absolute Gasteiger partial charge is 0.184 e. The highest BCUT2D eigenvalue weighted by molar-refractivity contribution is 6.36. The van der Waals surface area contributed by atoms with Gasteiger partial charge in [0, 0.05) is 47.6 Å². The molecule has 3 heterocycles. The Kier molecular flexibility index (Phi) is 5.58. The molecule has 5 rings (SSSR count). The summed E-state index contributed by atoms with van der Waals surface area (Å²) in [5.74, 6) is 0.678. The first-order valence-electron chi connectivity index (χ1n) is 11.1. The van der Waals surface area contributed by atoms with Crippen LogP contribution in [0.5, 0.6) is 0 Å². The molecule has 3 aromatic rings. The number of pyridine rings is 1. The number of hydrogen-bond donors (Lipinski definition) is 1.